The fourth-order valence-corrected chi connectivity index (χ4v) is 7.23. The average Bonchev–Trinajstić information content (AvgIpc) is 2.81. The van der Waals surface area contributed by atoms with Crippen molar-refractivity contribution >= 4 is 0 Å². The first-order valence-corrected chi connectivity index (χ1v) is 9.21. The first-order chi connectivity index (χ1) is 9.53. The van der Waals surface area contributed by atoms with Crippen LogP contribution in [0.2, 0.25) is 0 Å². The van der Waals surface area contributed by atoms with E-state index >= 15 is 0 Å². The van der Waals surface area contributed by atoms with Crippen molar-refractivity contribution in [3.63, 3.8) is 0 Å². The molecular formula is C19H32O. The topological polar surface area (TPSA) is 20.2 Å². The molecule has 1 heteroatoms. The molecule has 0 heterocycles. The van der Waals surface area contributed by atoms with E-state index in [0.717, 1.165) is 36.5 Å². The number of fused-ring (bicyclic) bond motifs is 5. The summed E-state index contributed by atoms with van der Waals surface area (Å²) in [6, 6.07) is 0. The molecular weight excluding hydrogens is 244 g/mol. The second-order valence-electron chi connectivity index (χ2n) is 9.17. The van der Waals surface area contributed by atoms with Crippen LogP contribution in [0, 0.1) is 34.5 Å². The molecule has 20 heavy (non-hydrogen) atoms. The van der Waals surface area contributed by atoms with Crippen molar-refractivity contribution in [3.8, 4) is 0 Å². The normalized spacial score (nSPS) is 58.6. The molecule has 0 aromatic rings. The second-order valence-corrected chi connectivity index (χ2v) is 9.17. The highest BCUT2D eigenvalue weighted by Gasteiger charge is 2.57. The highest BCUT2D eigenvalue weighted by atomic mass is 16.3. The van der Waals surface area contributed by atoms with E-state index in [9.17, 15) is 5.11 Å². The quantitative estimate of drug-likeness (QED) is 0.675. The van der Waals surface area contributed by atoms with Gasteiger partial charge in [-0.15, -0.1) is 0 Å². The number of hydrogen-bond donors (Lipinski definition) is 1. The Bertz CT molecular complexity index is 391. The molecule has 0 spiro atoms. The summed E-state index contributed by atoms with van der Waals surface area (Å²) in [7, 11) is 0. The molecule has 4 aliphatic rings. The highest BCUT2D eigenvalue weighted by Crippen LogP contribution is 2.66. The SMILES string of the molecule is C[C@@]12CCC[C@H]1C1CC[C@H]3C[C@H](O)CC[C@]3(C)C1CC2. The minimum atomic E-state index is 0.00459. The Morgan fingerprint density at radius 2 is 1.70 bits per heavy atom. The van der Waals surface area contributed by atoms with Gasteiger partial charge < -0.3 is 5.11 Å². The van der Waals surface area contributed by atoms with E-state index in [-0.39, 0.29) is 6.10 Å². The standard InChI is InChI=1S/C19H32O/c1-18-9-3-4-16(18)15-6-5-13-12-14(20)7-11-19(13,2)17(15)8-10-18/h13-17,20H,3-12H2,1-2H3/t13-,14+,15?,16-,17?,18-,19-/m0/s1. The van der Waals surface area contributed by atoms with Gasteiger partial charge in [0.05, 0.1) is 6.10 Å². The van der Waals surface area contributed by atoms with E-state index in [4.69, 9.17) is 0 Å². The van der Waals surface area contributed by atoms with Crippen LogP contribution in [0.3, 0.4) is 0 Å². The third-order valence-electron chi connectivity index (χ3n) is 8.42. The van der Waals surface area contributed by atoms with Crippen molar-refractivity contribution in [1.29, 1.82) is 0 Å². The zero-order chi connectivity index (χ0) is 14.0. The van der Waals surface area contributed by atoms with Crippen LogP contribution in [-0.2, 0) is 0 Å². The predicted molar refractivity (Wildman–Crippen MR) is 82.4 cm³/mol. The largest absolute Gasteiger partial charge is 0.393 e. The Labute approximate surface area is 124 Å². The van der Waals surface area contributed by atoms with E-state index in [0.29, 0.717) is 10.8 Å². The summed E-state index contributed by atoms with van der Waals surface area (Å²) >= 11 is 0. The summed E-state index contributed by atoms with van der Waals surface area (Å²) in [5.41, 5.74) is 1.25. The first-order valence-electron chi connectivity index (χ1n) is 9.21. The van der Waals surface area contributed by atoms with E-state index in [1.807, 2.05) is 0 Å². The van der Waals surface area contributed by atoms with Gasteiger partial charge in [-0.2, -0.15) is 0 Å². The molecule has 0 bridgehead atoms. The summed E-state index contributed by atoms with van der Waals surface area (Å²) in [6.45, 7) is 5.19. The Kier molecular flexibility index (Phi) is 3.05. The Balaban J connectivity index is 1.62. The van der Waals surface area contributed by atoms with Crippen molar-refractivity contribution in [1.82, 2.24) is 0 Å². The Morgan fingerprint density at radius 1 is 0.850 bits per heavy atom. The third kappa shape index (κ3) is 1.77. The smallest absolute Gasteiger partial charge is 0.0543 e. The lowest BCUT2D eigenvalue weighted by atomic mass is 9.45. The van der Waals surface area contributed by atoms with Crippen LogP contribution in [0.5, 0.6) is 0 Å². The van der Waals surface area contributed by atoms with Gasteiger partial charge in [0.2, 0.25) is 0 Å². The van der Waals surface area contributed by atoms with Crippen LogP contribution in [0.25, 0.3) is 0 Å². The number of aliphatic hydroxyl groups excluding tert-OH is 1. The van der Waals surface area contributed by atoms with E-state index in [1.54, 1.807) is 0 Å². The van der Waals surface area contributed by atoms with Gasteiger partial charge in [-0.05, 0) is 92.3 Å². The van der Waals surface area contributed by atoms with Gasteiger partial charge in [0.15, 0.2) is 0 Å². The third-order valence-corrected chi connectivity index (χ3v) is 8.42. The molecule has 1 nitrogen and oxygen atoms in total. The maximum atomic E-state index is 10.0. The minimum absolute atomic E-state index is 0.00459. The van der Waals surface area contributed by atoms with Crippen LogP contribution in [0.4, 0.5) is 0 Å². The van der Waals surface area contributed by atoms with Crippen LogP contribution in [0.15, 0.2) is 0 Å². The number of rotatable bonds is 0. The number of aliphatic hydroxyl groups is 1. The maximum Gasteiger partial charge on any atom is 0.0543 e. The Morgan fingerprint density at radius 3 is 2.55 bits per heavy atom. The van der Waals surface area contributed by atoms with Crippen molar-refractivity contribution in [3.05, 3.63) is 0 Å². The molecule has 0 saturated heterocycles. The lowest BCUT2D eigenvalue weighted by Crippen LogP contribution is -2.53. The molecule has 0 amide bonds. The van der Waals surface area contributed by atoms with Gasteiger partial charge in [-0.1, -0.05) is 20.3 Å². The Hall–Kier alpha value is -0.0400. The second kappa shape index (κ2) is 4.48. The van der Waals surface area contributed by atoms with Crippen molar-refractivity contribution in [2.75, 3.05) is 0 Å². The molecule has 0 aromatic carbocycles. The molecule has 4 rings (SSSR count). The summed E-state index contributed by atoms with van der Waals surface area (Å²) in [4.78, 5) is 0. The van der Waals surface area contributed by atoms with Crippen molar-refractivity contribution < 1.29 is 5.11 Å². The van der Waals surface area contributed by atoms with Crippen molar-refractivity contribution in [2.24, 2.45) is 34.5 Å². The molecule has 0 aliphatic heterocycles. The lowest BCUT2D eigenvalue weighted by Gasteiger charge is -2.60. The minimum Gasteiger partial charge on any atom is -0.393 e. The summed E-state index contributed by atoms with van der Waals surface area (Å²) < 4.78 is 0. The molecule has 4 fully saturated rings. The van der Waals surface area contributed by atoms with E-state index in [2.05, 4.69) is 13.8 Å². The summed E-state index contributed by atoms with van der Waals surface area (Å²) in [5.74, 6) is 3.85. The van der Waals surface area contributed by atoms with Gasteiger partial charge in [-0.25, -0.2) is 0 Å². The fourth-order valence-electron chi connectivity index (χ4n) is 7.23. The van der Waals surface area contributed by atoms with Gasteiger partial charge in [0.25, 0.3) is 0 Å². The maximum absolute atomic E-state index is 10.0. The molecule has 4 saturated carbocycles. The molecule has 0 radical (unpaired) electrons. The molecule has 4 aliphatic carbocycles. The molecule has 7 atom stereocenters. The molecule has 114 valence electrons. The van der Waals surface area contributed by atoms with E-state index < -0.39 is 0 Å². The zero-order valence-electron chi connectivity index (χ0n) is 13.4. The van der Waals surface area contributed by atoms with Crippen LogP contribution < -0.4 is 0 Å². The molecule has 2 unspecified atom stereocenters. The van der Waals surface area contributed by atoms with Gasteiger partial charge >= 0.3 is 0 Å². The van der Waals surface area contributed by atoms with Gasteiger partial charge in [0, 0.05) is 0 Å². The lowest BCUT2D eigenvalue weighted by molar-refractivity contribution is -0.120. The predicted octanol–water partition coefficient (Wildman–Crippen LogP) is 4.78. The average molecular weight is 276 g/mol. The summed E-state index contributed by atoms with van der Waals surface area (Å²) in [6.07, 6.45) is 13.8. The summed E-state index contributed by atoms with van der Waals surface area (Å²) in [5, 5.41) is 10.0. The highest BCUT2D eigenvalue weighted by molar-refractivity contribution is 5.07. The van der Waals surface area contributed by atoms with E-state index in [1.165, 1.54) is 51.4 Å². The van der Waals surface area contributed by atoms with Crippen LogP contribution in [-0.4, -0.2) is 11.2 Å². The molecule has 0 aromatic heterocycles. The number of hydrogen-bond acceptors (Lipinski definition) is 1. The van der Waals surface area contributed by atoms with Crippen LogP contribution >= 0.6 is 0 Å². The first kappa shape index (κ1) is 13.6. The zero-order valence-corrected chi connectivity index (χ0v) is 13.4. The monoisotopic (exact) mass is 276 g/mol. The van der Waals surface area contributed by atoms with Gasteiger partial charge in [-0.3, -0.25) is 0 Å². The van der Waals surface area contributed by atoms with Crippen LogP contribution in [0.1, 0.15) is 78.1 Å². The van der Waals surface area contributed by atoms with Crippen molar-refractivity contribution in [2.45, 2.75) is 84.2 Å². The van der Waals surface area contributed by atoms with Gasteiger partial charge in [0.1, 0.15) is 0 Å². The molecule has 1 N–H and O–H groups in total. The fraction of sp³-hybridized carbons (Fsp3) is 1.00.